The molecule has 1 rings (SSSR count). The third kappa shape index (κ3) is 5.21. The second-order valence-corrected chi connectivity index (χ2v) is 5.66. The van der Waals surface area contributed by atoms with Crippen molar-refractivity contribution in [2.24, 2.45) is 0 Å². The van der Waals surface area contributed by atoms with Gasteiger partial charge in [0.15, 0.2) is 0 Å². The lowest BCUT2D eigenvalue weighted by molar-refractivity contribution is 0.593. The van der Waals surface area contributed by atoms with Crippen LogP contribution < -0.4 is 5.32 Å². The number of pyridine rings is 1. The molecule has 0 radical (unpaired) electrons. The van der Waals surface area contributed by atoms with Crippen LogP contribution in [0.3, 0.4) is 0 Å². The zero-order chi connectivity index (χ0) is 13.5. The lowest BCUT2D eigenvalue weighted by Gasteiger charge is -2.15. The fourth-order valence-electron chi connectivity index (χ4n) is 1.73. The van der Waals surface area contributed by atoms with E-state index < -0.39 is 0 Å². The molecular weight excluding hydrogens is 291 g/mol. The van der Waals surface area contributed by atoms with E-state index in [-0.39, 0.29) is 5.15 Å². The molecule has 5 heteroatoms. The van der Waals surface area contributed by atoms with E-state index in [9.17, 15) is 0 Å². The van der Waals surface area contributed by atoms with Crippen LogP contribution in [0.5, 0.6) is 0 Å². The monoisotopic (exact) mass is 308 g/mol. The van der Waals surface area contributed by atoms with Gasteiger partial charge >= 0.3 is 0 Å². The quantitative estimate of drug-likeness (QED) is 0.507. The Hall–Kier alpha value is -0.180. The second-order valence-electron chi connectivity index (χ2n) is 4.49. The Morgan fingerprint density at radius 3 is 2.56 bits per heavy atom. The topological polar surface area (TPSA) is 24.9 Å². The van der Waals surface area contributed by atoms with Crippen LogP contribution in [0.15, 0.2) is 6.07 Å². The number of rotatable bonds is 7. The smallest absolute Gasteiger partial charge is 0.150 e. The molecule has 0 spiro atoms. The molecule has 0 aliphatic heterocycles. The fourth-order valence-corrected chi connectivity index (χ4v) is 2.28. The van der Waals surface area contributed by atoms with Gasteiger partial charge in [-0.15, -0.1) is 0 Å². The van der Waals surface area contributed by atoms with Crippen LogP contribution in [0.2, 0.25) is 15.2 Å². The Morgan fingerprint density at radius 1 is 1.17 bits per heavy atom. The average Bonchev–Trinajstić information content (AvgIpc) is 2.32. The van der Waals surface area contributed by atoms with Gasteiger partial charge < -0.3 is 5.32 Å². The summed E-state index contributed by atoms with van der Waals surface area (Å²) in [5.74, 6) is 0.606. The molecule has 2 nitrogen and oxygen atoms in total. The van der Waals surface area contributed by atoms with Crippen molar-refractivity contribution < 1.29 is 0 Å². The summed E-state index contributed by atoms with van der Waals surface area (Å²) in [5.41, 5.74) is 0. The zero-order valence-corrected chi connectivity index (χ0v) is 13.0. The van der Waals surface area contributed by atoms with Crippen molar-refractivity contribution in [3.63, 3.8) is 0 Å². The van der Waals surface area contributed by atoms with E-state index in [1.165, 1.54) is 25.7 Å². The summed E-state index contributed by atoms with van der Waals surface area (Å²) in [6.45, 7) is 4.33. The van der Waals surface area contributed by atoms with Gasteiger partial charge in [-0.1, -0.05) is 67.4 Å². The van der Waals surface area contributed by atoms with Crippen molar-refractivity contribution in [3.05, 3.63) is 21.3 Å². The fraction of sp³-hybridized carbons (Fsp3) is 0.615. The molecule has 1 atom stereocenters. The molecule has 0 aliphatic rings. The van der Waals surface area contributed by atoms with Crippen LogP contribution in [0.25, 0.3) is 0 Å². The second kappa shape index (κ2) is 8.08. The molecule has 0 amide bonds. The Bertz CT molecular complexity index is 383. The van der Waals surface area contributed by atoms with Crippen LogP contribution in [-0.4, -0.2) is 11.0 Å². The maximum absolute atomic E-state index is 6.06. The summed E-state index contributed by atoms with van der Waals surface area (Å²) in [4.78, 5) is 4.15. The molecule has 0 aliphatic carbocycles. The molecule has 0 bridgehead atoms. The predicted molar refractivity (Wildman–Crippen MR) is 81.1 cm³/mol. The van der Waals surface area contributed by atoms with E-state index >= 15 is 0 Å². The number of halogens is 3. The molecule has 102 valence electrons. The highest BCUT2D eigenvalue weighted by Crippen LogP contribution is 2.29. The lowest BCUT2D eigenvalue weighted by atomic mass is 10.1. The van der Waals surface area contributed by atoms with Crippen LogP contribution in [0.4, 0.5) is 5.82 Å². The number of nitrogens with one attached hydrogen (secondary N) is 1. The lowest BCUT2D eigenvalue weighted by Crippen LogP contribution is -2.16. The third-order valence-corrected chi connectivity index (χ3v) is 3.72. The van der Waals surface area contributed by atoms with Crippen LogP contribution in [0, 0.1) is 0 Å². The van der Waals surface area contributed by atoms with Gasteiger partial charge in [0.2, 0.25) is 0 Å². The van der Waals surface area contributed by atoms with Crippen LogP contribution in [0.1, 0.15) is 46.0 Å². The summed E-state index contributed by atoms with van der Waals surface area (Å²) >= 11 is 17.8. The summed E-state index contributed by atoms with van der Waals surface area (Å²) < 4.78 is 0. The summed E-state index contributed by atoms with van der Waals surface area (Å²) in [5, 5.41) is 4.43. The highest BCUT2D eigenvalue weighted by Gasteiger charge is 2.10. The Labute approximate surface area is 124 Å². The van der Waals surface area contributed by atoms with Gasteiger partial charge in [0.25, 0.3) is 0 Å². The van der Waals surface area contributed by atoms with Crippen molar-refractivity contribution >= 4 is 40.6 Å². The minimum atomic E-state index is 0.279. The van der Waals surface area contributed by atoms with Crippen molar-refractivity contribution in [2.75, 3.05) is 5.32 Å². The maximum atomic E-state index is 6.06. The minimum absolute atomic E-state index is 0.279. The van der Waals surface area contributed by atoms with E-state index in [4.69, 9.17) is 34.8 Å². The van der Waals surface area contributed by atoms with Crippen molar-refractivity contribution in [3.8, 4) is 0 Å². The molecule has 1 unspecified atom stereocenters. The molecule has 1 N–H and O–H groups in total. The molecule has 18 heavy (non-hydrogen) atoms. The SMILES string of the molecule is CCCCCCC(C)Nc1nc(Cl)c(Cl)cc1Cl. The van der Waals surface area contributed by atoms with Gasteiger partial charge in [0, 0.05) is 6.04 Å². The summed E-state index contributed by atoms with van der Waals surface area (Å²) in [7, 11) is 0. The highest BCUT2D eigenvalue weighted by molar-refractivity contribution is 6.42. The number of hydrogen-bond donors (Lipinski definition) is 1. The zero-order valence-electron chi connectivity index (χ0n) is 10.8. The molecule has 0 aromatic carbocycles. The Kier molecular flexibility index (Phi) is 7.13. The number of unbranched alkanes of at least 4 members (excludes halogenated alkanes) is 3. The van der Waals surface area contributed by atoms with E-state index in [2.05, 4.69) is 24.1 Å². The molecule has 1 heterocycles. The van der Waals surface area contributed by atoms with E-state index in [0.717, 1.165) is 6.42 Å². The van der Waals surface area contributed by atoms with Gasteiger partial charge in [-0.25, -0.2) is 4.98 Å². The maximum Gasteiger partial charge on any atom is 0.150 e. The van der Waals surface area contributed by atoms with Crippen LogP contribution >= 0.6 is 34.8 Å². The third-order valence-electron chi connectivity index (χ3n) is 2.76. The van der Waals surface area contributed by atoms with Gasteiger partial charge in [0.05, 0.1) is 10.0 Å². The number of nitrogens with zero attached hydrogens (tertiary/aromatic N) is 1. The Balaban J connectivity index is 2.48. The first kappa shape index (κ1) is 15.9. The molecule has 0 saturated carbocycles. The molecule has 0 fully saturated rings. The average molecular weight is 310 g/mol. The first-order valence-corrected chi connectivity index (χ1v) is 7.46. The van der Waals surface area contributed by atoms with Gasteiger partial charge in [-0.2, -0.15) is 0 Å². The Morgan fingerprint density at radius 2 is 1.89 bits per heavy atom. The molecular formula is C13H19Cl3N2. The number of hydrogen-bond acceptors (Lipinski definition) is 2. The minimum Gasteiger partial charge on any atom is -0.366 e. The summed E-state index contributed by atoms with van der Waals surface area (Å²) in [6, 6.07) is 1.94. The molecule has 1 aromatic rings. The van der Waals surface area contributed by atoms with Gasteiger partial charge in [0.1, 0.15) is 11.0 Å². The largest absolute Gasteiger partial charge is 0.366 e. The molecule has 0 saturated heterocycles. The molecule has 1 aromatic heterocycles. The first-order valence-electron chi connectivity index (χ1n) is 6.32. The normalized spacial score (nSPS) is 12.5. The van der Waals surface area contributed by atoms with E-state index in [1.54, 1.807) is 6.07 Å². The highest BCUT2D eigenvalue weighted by atomic mass is 35.5. The van der Waals surface area contributed by atoms with Gasteiger partial charge in [-0.3, -0.25) is 0 Å². The number of aromatic nitrogens is 1. The summed E-state index contributed by atoms with van der Waals surface area (Å²) in [6.07, 6.45) is 6.12. The van der Waals surface area contributed by atoms with Crippen molar-refractivity contribution in [2.45, 2.75) is 52.0 Å². The van der Waals surface area contributed by atoms with E-state index in [0.29, 0.717) is 21.9 Å². The van der Waals surface area contributed by atoms with Crippen LogP contribution in [-0.2, 0) is 0 Å². The number of anilines is 1. The standard InChI is InChI=1S/C13H19Cl3N2/c1-3-4-5-6-7-9(2)17-13-11(15)8-10(14)12(16)18-13/h8-9H,3-7H2,1-2H3,(H,17,18). The van der Waals surface area contributed by atoms with E-state index in [1.807, 2.05) is 0 Å². The predicted octanol–water partition coefficient (Wildman–Crippen LogP) is 5.81. The van der Waals surface area contributed by atoms with Crippen molar-refractivity contribution in [1.82, 2.24) is 4.98 Å². The van der Waals surface area contributed by atoms with Gasteiger partial charge in [-0.05, 0) is 19.4 Å². The first-order chi connectivity index (χ1) is 8.54. The van der Waals surface area contributed by atoms with Crippen molar-refractivity contribution in [1.29, 1.82) is 0 Å².